The molecule has 6 heteroatoms. The molecule has 0 N–H and O–H groups in total. The molecule has 0 saturated carbocycles. The molecule has 0 aliphatic rings. The van der Waals surface area contributed by atoms with E-state index in [1.54, 1.807) is 23.5 Å². The molecule has 2 heterocycles. The van der Waals surface area contributed by atoms with Crippen LogP contribution in [0.4, 0.5) is 5.13 Å². The standard InChI is InChI=1S/C13H14BrN3OS/c1-9(2)7-17(8-18)13-16-6-12(19-13)10-3-4-15-5-11(10)14/h3-6,8-9H,7H2,1-2H3. The molecule has 0 atom stereocenters. The third-order valence-electron chi connectivity index (χ3n) is 2.47. The van der Waals surface area contributed by atoms with Gasteiger partial charge in [0.1, 0.15) is 0 Å². The maximum Gasteiger partial charge on any atom is 0.215 e. The predicted octanol–water partition coefficient (Wildman–Crippen LogP) is 3.59. The number of hydrogen-bond acceptors (Lipinski definition) is 4. The number of carbonyl (C=O) groups is 1. The van der Waals surface area contributed by atoms with Crippen molar-refractivity contribution in [3.8, 4) is 10.4 Å². The lowest BCUT2D eigenvalue weighted by Crippen LogP contribution is -2.25. The van der Waals surface area contributed by atoms with Gasteiger partial charge in [0.15, 0.2) is 5.13 Å². The fraction of sp³-hybridized carbons (Fsp3) is 0.308. The summed E-state index contributed by atoms with van der Waals surface area (Å²) in [6, 6.07) is 1.93. The van der Waals surface area contributed by atoms with E-state index in [0.717, 1.165) is 26.5 Å². The van der Waals surface area contributed by atoms with Crippen molar-refractivity contribution in [3.05, 3.63) is 29.1 Å². The highest BCUT2D eigenvalue weighted by Gasteiger charge is 2.13. The average Bonchev–Trinajstić information content (AvgIpc) is 2.85. The zero-order chi connectivity index (χ0) is 13.8. The Labute approximate surface area is 124 Å². The first-order chi connectivity index (χ1) is 9.11. The highest BCUT2D eigenvalue weighted by atomic mass is 79.9. The summed E-state index contributed by atoms with van der Waals surface area (Å²) in [4.78, 5) is 22.2. The molecule has 19 heavy (non-hydrogen) atoms. The Kier molecular flexibility index (Phi) is 4.66. The molecule has 1 amide bonds. The highest BCUT2D eigenvalue weighted by molar-refractivity contribution is 9.10. The Morgan fingerprint density at radius 3 is 2.89 bits per heavy atom. The molecule has 2 rings (SSSR count). The lowest BCUT2D eigenvalue weighted by molar-refractivity contribution is -0.107. The topological polar surface area (TPSA) is 46.1 Å². The predicted molar refractivity (Wildman–Crippen MR) is 81.3 cm³/mol. The van der Waals surface area contributed by atoms with Crippen LogP contribution in [0.1, 0.15) is 13.8 Å². The van der Waals surface area contributed by atoms with Gasteiger partial charge in [-0.25, -0.2) is 4.98 Å². The van der Waals surface area contributed by atoms with E-state index in [2.05, 4.69) is 39.7 Å². The monoisotopic (exact) mass is 339 g/mol. The zero-order valence-corrected chi connectivity index (χ0v) is 13.1. The minimum absolute atomic E-state index is 0.408. The molecule has 0 radical (unpaired) electrons. The summed E-state index contributed by atoms with van der Waals surface area (Å²) < 4.78 is 0.923. The number of carbonyl (C=O) groups excluding carboxylic acids is 1. The van der Waals surface area contributed by atoms with Crippen molar-refractivity contribution in [3.63, 3.8) is 0 Å². The molecular weight excluding hydrogens is 326 g/mol. The normalized spacial score (nSPS) is 10.7. The minimum atomic E-state index is 0.408. The number of thiazole rings is 1. The van der Waals surface area contributed by atoms with Crippen molar-refractivity contribution in [2.24, 2.45) is 5.92 Å². The molecule has 100 valence electrons. The van der Waals surface area contributed by atoms with Crippen molar-refractivity contribution < 1.29 is 4.79 Å². The van der Waals surface area contributed by atoms with E-state index >= 15 is 0 Å². The second kappa shape index (κ2) is 6.25. The number of nitrogens with zero attached hydrogens (tertiary/aromatic N) is 3. The molecule has 0 unspecified atom stereocenters. The minimum Gasteiger partial charge on any atom is -0.290 e. The summed E-state index contributed by atoms with van der Waals surface area (Å²) in [6.07, 6.45) is 6.12. The molecule has 2 aromatic heterocycles. The molecular formula is C13H14BrN3OS. The lowest BCUT2D eigenvalue weighted by atomic mass is 10.2. The van der Waals surface area contributed by atoms with Gasteiger partial charge in [0.25, 0.3) is 0 Å². The van der Waals surface area contributed by atoms with E-state index in [1.165, 1.54) is 11.3 Å². The summed E-state index contributed by atoms with van der Waals surface area (Å²) in [5.41, 5.74) is 1.04. The van der Waals surface area contributed by atoms with E-state index in [-0.39, 0.29) is 0 Å². The number of amides is 1. The van der Waals surface area contributed by atoms with Gasteiger partial charge in [-0.15, -0.1) is 0 Å². The first-order valence-corrected chi connectivity index (χ1v) is 7.50. The second-order valence-corrected chi connectivity index (χ2v) is 6.38. The number of halogens is 1. The van der Waals surface area contributed by atoms with Gasteiger partial charge in [-0.2, -0.15) is 0 Å². The molecule has 0 aliphatic heterocycles. The van der Waals surface area contributed by atoms with Gasteiger partial charge in [-0.1, -0.05) is 25.2 Å². The summed E-state index contributed by atoms with van der Waals surface area (Å²) in [7, 11) is 0. The van der Waals surface area contributed by atoms with Crippen molar-refractivity contribution in [2.45, 2.75) is 13.8 Å². The molecule has 0 fully saturated rings. The quantitative estimate of drug-likeness (QED) is 0.782. The Morgan fingerprint density at radius 2 is 2.26 bits per heavy atom. The van der Waals surface area contributed by atoms with Gasteiger partial charge in [-0.3, -0.25) is 14.7 Å². The number of aromatic nitrogens is 2. The number of pyridine rings is 1. The fourth-order valence-corrected chi connectivity index (χ4v) is 3.18. The van der Waals surface area contributed by atoms with E-state index < -0.39 is 0 Å². The molecule has 4 nitrogen and oxygen atoms in total. The van der Waals surface area contributed by atoms with Crippen LogP contribution >= 0.6 is 27.3 Å². The first-order valence-electron chi connectivity index (χ1n) is 5.89. The molecule has 0 aliphatic carbocycles. The summed E-state index contributed by atoms with van der Waals surface area (Å²) >= 11 is 4.97. The number of anilines is 1. The Bertz CT molecular complexity index is 571. The van der Waals surface area contributed by atoms with Gasteiger partial charge < -0.3 is 0 Å². The van der Waals surface area contributed by atoms with Crippen molar-refractivity contribution in [1.29, 1.82) is 0 Å². The van der Waals surface area contributed by atoms with Gasteiger partial charge >= 0.3 is 0 Å². The van der Waals surface area contributed by atoms with Crippen LogP contribution in [0.2, 0.25) is 0 Å². The molecule has 0 saturated heterocycles. The summed E-state index contributed by atoms with van der Waals surface area (Å²) in [5.74, 6) is 0.408. The van der Waals surface area contributed by atoms with Crippen molar-refractivity contribution in [2.75, 3.05) is 11.4 Å². The van der Waals surface area contributed by atoms with Crippen LogP contribution in [0.15, 0.2) is 29.1 Å². The zero-order valence-electron chi connectivity index (χ0n) is 10.7. The lowest BCUT2D eigenvalue weighted by Gasteiger charge is -2.15. The van der Waals surface area contributed by atoms with Crippen LogP contribution in [0.3, 0.4) is 0 Å². The van der Waals surface area contributed by atoms with Gasteiger partial charge in [-0.05, 0) is 27.9 Å². The van der Waals surface area contributed by atoms with Crippen molar-refractivity contribution >= 4 is 38.8 Å². The van der Waals surface area contributed by atoms with E-state index in [4.69, 9.17) is 0 Å². The Balaban J connectivity index is 2.28. The third kappa shape index (κ3) is 3.39. The van der Waals surface area contributed by atoms with Crippen LogP contribution in [0.25, 0.3) is 10.4 Å². The SMILES string of the molecule is CC(C)CN(C=O)c1ncc(-c2ccncc2Br)s1. The summed E-state index contributed by atoms with van der Waals surface area (Å²) in [6.45, 7) is 4.82. The molecule has 0 spiro atoms. The van der Waals surface area contributed by atoms with Gasteiger partial charge in [0.2, 0.25) is 6.41 Å². The number of rotatable bonds is 5. The third-order valence-corrected chi connectivity index (χ3v) is 4.17. The van der Waals surface area contributed by atoms with E-state index in [0.29, 0.717) is 12.5 Å². The second-order valence-electron chi connectivity index (χ2n) is 4.51. The van der Waals surface area contributed by atoms with Gasteiger partial charge in [0, 0.05) is 35.2 Å². The Morgan fingerprint density at radius 1 is 1.47 bits per heavy atom. The average molecular weight is 340 g/mol. The largest absolute Gasteiger partial charge is 0.290 e. The molecule has 0 bridgehead atoms. The number of hydrogen-bond donors (Lipinski definition) is 0. The van der Waals surface area contributed by atoms with E-state index in [9.17, 15) is 4.79 Å². The van der Waals surface area contributed by atoms with Crippen LogP contribution < -0.4 is 4.90 Å². The Hall–Kier alpha value is -1.27. The highest BCUT2D eigenvalue weighted by Crippen LogP contribution is 2.34. The van der Waals surface area contributed by atoms with Crippen LogP contribution in [0, 0.1) is 5.92 Å². The van der Waals surface area contributed by atoms with E-state index in [1.807, 2.05) is 6.07 Å². The first kappa shape index (κ1) is 14.1. The maximum absolute atomic E-state index is 11.1. The van der Waals surface area contributed by atoms with Crippen LogP contribution in [-0.4, -0.2) is 22.9 Å². The van der Waals surface area contributed by atoms with Crippen LogP contribution in [0.5, 0.6) is 0 Å². The smallest absolute Gasteiger partial charge is 0.215 e. The summed E-state index contributed by atoms with van der Waals surface area (Å²) in [5, 5.41) is 0.724. The van der Waals surface area contributed by atoms with Crippen molar-refractivity contribution in [1.82, 2.24) is 9.97 Å². The fourth-order valence-electron chi connectivity index (χ4n) is 1.66. The van der Waals surface area contributed by atoms with Crippen LogP contribution in [-0.2, 0) is 4.79 Å². The molecule has 0 aromatic carbocycles. The molecule has 2 aromatic rings. The van der Waals surface area contributed by atoms with Gasteiger partial charge in [0.05, 0.1) is 4.88 Å². The maximum atomic E-state index is 11.1.